The fourth-order valence-corrected chi connectivity index (χ4v) is 1.94. The first-order chi connectivity index (χ1) is 8.72. The van der Waals surface area contributed by atoms with Gasteiger partial charge < -0.3 is 10.1 Å². The summed E-state index contributed by atoms with van der Waals surface area (Å²) in [7, 11) is 0. The third kappa shape index (κ3) is 2.61. The summed E-state index contributed by atoms with van der Waals surface area (Å²) < 4.78 is 4.98. The molecule has 18 heavy (non-hydrogen) atoms. The average Bonchev–Trinajstić information content (AvgIpc) is 2.54. The Morgan fingerprint density at radius 1 is 1.44 bits per heavy atom. The second-order valence-electron chi connectivity index (χ2n) is 4.16. The minimum Gasteiger partial charge on any atom is -0.464 e. The van der Waals surface area contributed by atoms with E-state index in [0.717, 1.165) is 11.1 Å². The Morgan fingerprint density at radius 3 is 2.83 bits per heavy atom. The predicted octanol–water partition coefficient (Wildman–Crippen LogP) is 1.86. The first-order valence-electron chi connectivity index (χ1n) is 5.73. The molecule has 0 aliphatic carbocycles. The monoisotopic (exact) mass is 246 g/mol. The van der Waals surface area contributed by atoms with Gasteiger partial charge in [0.15, 0.2) is 6.04 Å². The lowest BCUT2D eigenvalue weighted by molar-refractivity contribution is -0.144. The summed E-state index contributed by atoms with van der Waals surface area (Å²) in [6.07, 6.45) is 0. The van der Waals surface area contributed by atoms with Crippen LogP contribution >= 0.6 is 0 Å². The quantitative estimate of drug-likeness (QED) is 0.374. The molecule has 1 aliphatic rings. The second kappa shape index (κ2) is 5.53. The summed E-state index contributed by atoms with van der Waals surface area (Å²) in [5.41, 5.74) is 10.6. The molecule has 0 saturated carbocycles. The van der Waals surface area contributed by atoms with Crippen molar-refractivity contribution in [2.75, 3.05) is 13.2 Å². The Kier molecular flexibility index (Phi) is 3.82. The fourth-order valence-electron chi connectivity index (χ4n) is 1.94. The largest absolute Gasteiger partial charge is 0.464 e. The van der Waals surface area contributed by atoms with E-state index in [1.165, 1.54) is 0 Å². The highest BCUT2D eigenvalue weighted by Crippen LogP contribution is 2.22. The van der Waals surface area contributed by atoms with Crippen LogP contribution in [0, 0.1) is 6.92 Å². The van der Waals surface area contributed by atoms with Crippen LogP contribution in [0.2, 0.25) is 0 Å². The van der Waals surface area contributed by atoms with Gasteiger partial charge in [0.2, 0.25) is 0 Å². The molecular formula is C12H14N4O2. The lowest BCUT2D eigenvalue weighted by Gasteiger charge is -2.20. The van der Waals surface area contributed by atoms with E-state index in [2.05, 4.69) is 15.3 Å². The van der Waals surface area contributed by atoms with E-state index < -0.39 is 12.0 Å². The lowest BCUT2D eigenvalue weighted by Crippen LogP contribution is -2.33. The minimum absolute atomic E-state index is 0.290. The third-order valence-electron chi connectivity index (χ3n) is 2.88. The first-order valence-corrected chi connectivity index (χ1v) is 5.73. The third-order valence-corrected chi connectivity index (χ3v) is 2.88. The van der Waals surface area contributed by atoms with Gasteiger partial charge in [-0.15, -0.1) is 0 Å². The molecule has 1 aromatic carbocycles. The molecule has 1 heterocycles. The number of ether oxygens (including phenoxy) is 1. The second-order valence-corrected chi connectivity index (χ2v) is 4.16. The van der Waals surface area contributed by atoms with Crippen molar-refractivity contribution in [2.45, 2.75) is 19.0 Å². The smallest absolute Gasteiger partial charge is 0.316 e. The molecule has 0 spiro atoms. The molecule has 2 atom stereocenters. The maximum absolute atomic E-state index is 11.7. The van der Waals surface area contributed by atoms with Crippen molar-refractivity contribution >= 4 is 5.97 Å². The molecule has 1 saturated heterocycles. The van der Waals surface area contributed by atoms with Crippen LogP contribution in [0.4, 0.5) is 0 Å². The molecule has 1 N–H and O–H groups in total. The van der Waals surface area contributed by atoms with Crippen LogP contribution in [-0.4, -0.2) is 25.2 Å². The zero-order chi connectivity index (χ0) is 13.0. The van der Waals surface area contributed by atoms with E-state index in [1.54, 1.807) is 0 Å². The molecule has 1 aliphatic heterocycles. The molecule has 6 nitrogen and oxygen atoms in total. The number of hydrogen-bond acceptors (Lipinski definition) is 4. The van der Waals surface area contributed by atoms with Crippen molar-refractivity contribution in [2.24, 2.45) is 5.11 Å². The molecule has 0 radical (unpaired) electrons. The van der Waals surface area contributed by atoms with E-state index in [1.807, 2.05) is 31.2 Å². The number of cyclic esters (lactones) is 1. The number of azide groups is 1. The van der Waals surface area contributed by atoms with E-state index >= 15 is 0 Å². The van der Waals surface area contributed by atoms with Crippen LogP contribution in [-0.2, 0) is 9.53 Å². The molecular weight excluding hydrogens is 232 g/mol. The maximum atomic E-state index is 11.7. The highest BCUT2D eigenvalue weighted by Gasteiger charge is 2.31. The molecule has 0 aromatic heterocycles. The average molecular weight is 246 g/mol. The van der Waals surface area contributed by atoms with Gasteiger partial charge >= 0.3 is 5.97 Å². The van der Waals surface area contributed by atoms with Crippen LogP contribution < -0.4 is 5.32 Å². The van der Waals surface area contributed by atoms with Crippen molar-refractivity contribution in [3.63, 3.8) is 0 Å². The topological polar surface area (TPSA) is 87.1 Å². The molecule has 0 amide bonds. The van der Waals surface area contributed by atoms with Crippen molar-refractivity contribution in [3.05, 3.63) is 45.8 Å². The number of hydrogen-bond donors (Lipinski definition) is 1. The van der Waals surface area contributed by atoms with Crippen molar-refractivity contribution in [1.29, 1.82) is 0 Å². The van der Waals surface area contributed by atoms with Crippen LogP contribution in [0.15, 0.2) is 29.4 Å². The number of nitrogens with one attached hydrogen (secondary N) is 1. The van der Waals surface area contributed by atoms with Crippen LogP contribution in [0.3, 0.4) is 0 Å². The Bertz CT molecular complexity index is 479. The number of carbonyl (C=O) groups is 1. The van der Waals surface area contributed by atoms with Gasteiger partial charge in [0.1, 0.15) is 6.61 Å². The Hall–Kier alpha value is -2.04. The zero-order valence-electron chi connectivity index (χ0n) is 10.0. The summed E-state index contributed by atoms with van der Waals surface area (Å²) in [5, 5.41) is 6.72. The number of carbonyl (C=O) groups excluding carboxylic acids is 1. The maximum Gasteiger partial charge on any atom is 0.316 e. The van der Waals surface area contributed by atoms with Crippen molar-refractivity contribution in [3.8, 4) is 0 Å². The van der Waals surface area contributed by atoms with Gasteiger partial charge in [-0.25, -0.2) is 0 Å². The minimum atomic E-state index is -0.861. The summed E-state index contributed by atoms with van der Waals surface area (Å²) in [6.45, 7) is 2.82. The zero-order valence-corrected chi connectivity index (χ0v) is 10.0. The molecule has 94 valence electrons. The fraction of sp³-hybridized carbons (Fsp3) is 0.417. The van der Waals surface area contributed by atoms with Crippen molar-refractivity contribution < 1.29 is 9.53 Å². The van der Waals surface area contributed by atoms with E-state index in [-0.39, 0.29) is 6.04 Å². The van der Waals surface area contributed by atoms with E-state index in [9.17, 15) is 4.79 Å². The Balaban J connectivity index is 2.34. The number of rotatable bonds is 2. The number of benzene rings is 1. The van der Waals surface area contributed by atoms with Crippen molar-refractivity contribution in [1.82, 2.24) is 5.32 Å². The van der Waals surface area contributed by atoms with Crippen LogP contribution in [0.1, 0.15) is 17.2 Å². The van der Waals surface area contributed by atoms with Gasteiger partial charge in [-0.1, -0.05) is 34.9 Å². The summed E-state index contributed by atoms with van der Waals surface area (Å²) in [5.74, 6) is -0.483. The first kappa shape index (κ1) is 12.4. The SMILES string of the molecule is Cc1ccc([C@@H]2NCCOC(=O)[C@@H]2N=[N+]=[N-])cc1. The Morgan fingerprint density at radius 2 is 2.17 bits per heavy atom. The standard InChI is InChI=1S/C12H14N4O2/c1-8-2-4-9(5-3-8)10-11(15-16-13)12(17)18-7-6-14-10/h2-5,10-11,14H,6-7H2,1H3/t10-,11+/m0/s1. The van der Waals surface area contributed by atoms with Gasteiger partial charge in [0.25, 0.3) is 0 Å². The lowest BCUT2D eigenvalue weighted by atomic mass is 9.99. The number of nitrogens with zero attached hydrogens (tertiary/aromatic N) is 3. The molecule has 2 rings (SSSR count). The highest BCUT2D eigenvalue weighted by atomic mass is 16.5. The van der Waals surface area contributed by atoms with Gasteiger partial charge in [0, 0.05) is 11.5 Å². The van der Waals surface area contributed by atoms with Crippen LogP contribution in [0.25, 0.3) is 10.4 Å². The molecule has 0 unspecified atom stereocenters. The van der Waals surface area contributed by atoms with E-state index in [0.29, 0.717) is 13.2 Å². The summed E-state index contributed by atoms with van der Waals surface area (Å²) in [6, 6.07) is 6.56. The highest BCUT2D eigenvalue weighted by molar-refractivity contribution is 5.77. The normalized spacial score (nSPS) is 23.7. The summed E-state index contributed by atoms with van der Waals surface area (Å²) in [4.78, 5) is 14.5. The van der Waals surface area contributed by atoms with E-state index in [4.69, 9.17) is 10.3 Å². The predicted molar refractivity (Wildman–Crippen MR) is 65.8 cm³/mol. The Labute approximate surface area is 105 Å². The molecule has 0 bridgehead atoms. The van der Waals surface area contributed by atoms with Gasteiger partial charge in [-0.3, -0.25) is 4.79 Å². The van der Waals surface area contributed by atoms with Crippen LogP contribution in [0.5, 0.6) is 0 Å². The van der Waals surface area contributed by atoms with Gasteiger partial charge in [-0.05, 0) is 18.0 Å². The molecule has 1 fully saturated rings. The summed E-state index contributed by atoms with van der Waals surface area (Å²) >= 11 is 0. The molecule has 1 aromatic rings. The number of aryl methyl sites for hydroxylation is 1. The van der Waals surface area contributed by atoms with Gasteiger partial charge in [-0.2, -0.15) is 0 Å². The number of esters is 1. The van der Waals surface area contributed by atoms with Gasteiger partial charge in [0.05, 0.1) is 6.04 Å². The molecule has 6 heteroatoms.